The van der Waals surface area contributed by atoms with Crippen LogP contribution in [0.5, 0.6) is 0 Å². The molecule has 0 aliphatic carbocycles. The third kappa shape index (κ3) is 3.02. The first-order chi connectivity index (χ1) is 8.23. The zero-order valence-electron chi connectivity index (χ0n) is 12.2. The van der Waals surface area contributed by atoms with E-state index in [0.29, 0.717) is 16.4 Å². The zero-order chi connectivity index (χ0) is 13.6. The van der Waals surface area contributed by atoms with Gasteiger partial charge in [-0.2, -0.15) is 23.5 Å². The van der Waals surface area contributed by atoms with Crippen molar-refractivity contribution >= 4 is 23.5 Å². The largest absolute Gasteiger partial charge is 0.369 e. The molecule has 0 aromatic heterocycles. The molecule has 0 saturated carbocycles. The summed E-state index contributed by atoms with van der Waals surface area (Å²) >= 11 is 4.14. The smallest absolute Gasteiger partial charge is 0.0678 e. The fraction of sp³-hybridized carbons (Fsp3) is 1.00. The zero-order valence-corrected chi connectivity index (χ0v) is 13.9. The SMILES string of the molecule is CC1SCCSC1C(N)C1CC(C)(C)OC1(C)C. The molecule has 0 spiro atoms. The third-order valence-corrected chi connectivity index (χ3v) is 7.46. The van der Waals surface area contributed by atoms with Crippen LogP contribution in [0.25, 0.3) is 0 Å². The van der Waals surface area contributed by atoms with Crippen molar-refractivity contribution in [3.8, 4) is 0 Å². The van der Waals surface area contributed by atoms with Crippen molar-refractivity contribution in [3.05, 3.63) is 0 Å². The minimum absolute atomic E-state index is 0.0263. The summed E-state index contributed by atoms with van der Waals surface area (Å²) in [4.78, 5) is 0. The summed E-state index contributed by atoms with van der Waals surface area (Å²) in [6, 6.07) is 0.245. The molecule has 0 radical (unpaired) electrons. The molecule has 0 aromatic rings. The first-order valence-corrected chi connectivity index (χ1v) is 9.02. The van der Waals surface area contributed by atoms with Crippen molar-refractivity contribution in [3.63, 3.8) is 0 Å². The van der Waals surface area contributed by atoms with Gasteiger partial charge in [-0.05, 0) is 34.1 Å². The molecule has 0 amide bonds. The molecule has 0 aromatic carbocycles. The highest BCUT2D eigenvalue weighted by Crippen LogP contribution is 2.46. The second kappa shape index (κ2) is 5.19. The van der Waals surface area contributed by atoms with Gasteiger partial charge in [-0.25, -0.2) is 0 Å². The van der Waals surface area contributed by atoms with Gasteiger partial charge in [0.05, 0.1) is 11.2 Å². The van der Waals surface area contributed by atoms with E-state index in [0.717, 1.165) is 6.42 Å². The Morgan fingerprint density at radius 2 is 1.78 bits per heavy atom. The van der Waals surface area contributed by atoms with Gasteiger partial charge in [0.15, 0.2) is 0 Å². The van der Waals surface area contributed by atoms with Gasteiger partial charge in [0.25, 0.3) is 0 Å². The van der Waals surface area contributed by atoms with E-state index < -0.39 is 0 Å². The molecule has 2 N–H and O–H groups in total. The van der Waals surface area contributed by atoms with Crippen molar-refractivity contribution in [1.82, 2.24) is 0 Å². The Hall–Kier alpha value is 0.620. The van der Waals surface area contributed by atoms with Crippen LogP contribution < -0.4 is 5.73 Å². The highest BCUT2D eigenvalue weighted by Gasteiger charge is 2.50. The topological polar surface area (TPSA) is 35.2 Å². The summed E-state index contributed by atoms with van der Waals surface area (Å²) in [5.41, 5.74) is 6.51. The van der Waals surface area contributed by atoms with Crippen LogP contribution in [-0.4, -0.2) is 39.2 Å². The fourth-order valence-corrected chi connectivity index (χ4v) is 6.45. The number of hydrogen-bond acceptors (Lipinski definition) is 4. The molecule has 2 heterocycles. The second-order valence-corrected chi connectivity index (χ2v) is 9.54. The second-order valence-electron chi connectivity index (χ2n) is 6.76. The van der Waals surface area contributed by atoms with Crippen LogP contribution in [0.15, 0.2) is 0 Å². The molecule has 4 atom stereocenters. The maximum absolute atomic E-state index is 6.63. The molecule has 2 rings (SSSR count). The number of rotatable bonds is 2. The number of hydrogen-bond donors (Lipinski definition) is 1. The van der Waals surface area contributed by atoms with E-state index in [1.807, 2.05) is 0 Å². The maximum Gasteiger partial charge on any atom is 0.0678 e. The maximum atomic E-state index is 6.63. The van der Waals surface area contributed by atoms with E-state index >= 15 is 0 Å². The van der Waals surface area contributed by atoms with Gasteiger partial charge in [-0.15, -0.1) is 0 Å². The summed E-state index contributed by atoms with van der Waals surface area (Å²) in [5.74, 6) is 2.97. The monoisotopic (exact) mass is 289 g/mol. The van der Waals surface area contributed by atoms with Crippen molar-refractivity contribution in [2.24, 2.45) is 11.7 Å². The van der Waals surface area contributed by atoms with E-state index in [1.165, 1.54) is 11.5 Å². The van der Waals surface area contributed by atoms with Crippen LogP contribution in [0, 0.1) is 5.92 Å². The van der Waals surface area contributed by atoms with Crippen LogP contribution in [0.2, 0.25) is 0 Å². The predicted molar refractivity (Wildman–Crippen MR) is 83.5 cm³/mol. The lowest BCUT2D eigenvalue weighted by atomic mass is 9.80. The van der Waals surface area contributed by atoms with Crippen molar-refractivity contribution in [2.45, 2.75) is 68.8 Å². The van der Waals surface area contributed by atoms with Crippen molar-refractivity contribution < 1.29 is 4.74 Å². The Labute approximate surface area is 120 Å². The average Bonchev–Trinajstić information content (AvgIpc) is 2.46. The van der Waals surface area contributed by atoms with Crippen LogP contribution in [0.4, 0.5) is 0 Å². The Morgan fingerprint density at radius 3 is 2.28 bits per heavy atom. The van der Waals surface area contributed by atoms with Crippen molar-refractivity contribution in [2.75, 3.05) is 11.5 Å². The number of nitrogens with two attached hydrogens (primary N) is 1. The molecule has 2 aliphatic rings. The van der Waals surface area contributed by atoms with E-state index in [1.54, 1.807) is 0 Å². The average molecular weight is 290 g/mol. The van der Waals surface area contributed by atoms with E-state index in [2.05, 4.69) is 58.1 Å². The van der Waals surface area contributed by atoms with Crippen LogP contribution in [0.3, 0.4) is 0 Å². The molecule has 2 saturated heterocycles. The van der Waals surface area contributed by atoms with Gasteiger partial charge in [-0.1, -0.05) is 6.92 Å². The number of thioether (sulfide) groups is 2. The van der Waals surface area contributed by atoms with Gasteiger partial charge in [0.2, 0.25) is 0 Å². The van der Waals surface area contributed by atoms with E-state index in [4.69, 9.17) is 10.5 Å². The molecule has 4 heteroatoms. The molecule has 18 heavy (non-hydrogen) atoms. The molecule has 2 aliphatic heterocycles. The van der Waals surface area contributed by atoms with Gasteiger partial charge in [-0.3, -0.25) is 0 Å². The molecule has 0 bridgehead atoms. The fourth-order valence-electron chi connectivity index (χ4n) is 3.51. The molecule has 106 valence electrons. The molecule has 2 fully saturated rings. The van der Waals surface area contributed by atoms with E-state index in [-0.39, 0.29) is 17.2 Å². The summed E-state index contributed by atoms with van der Waals surface area (Å²) in [7, 11) is 0. The van der Waals surface area contributed by atoms with Gasteiger partial charge < -0.3 is 10.5 Å². The van der Waals surface area contributed by atoms with Gasteiger partial charge in [0, 0.05) is 34.0 Å². The highest BCUT2D eigenvalue weighted by atomic mass is 32.2. The molecule has 4 unspecified atom stereocenters. The first-order valence-electron chi connectivity index (χ1n) is 6.92. The molecular weight excluding hydrogens is 262 g/mol. The Kier molecular flexibility index (Phi) is 4.33. The van der Waals surface area contributed by atoms with Crippen LogP contribution >= 0.6 is 23.5 Å². The summed E-state index contributed by atoms with van der Waals surface area (Å²) in [6.45, 7) is 11.1. The van der Waals surface area contributed by atoms with Crippen LogP contribution in [-0.2, 0) is 4.74 Å². The van der Waals surface area contributed by atoms with Crippen molar-refractivity contribution in [1.29, 1.82) is 0 Å². The lowest BCUT2D eigenvalue weighted by Gasteiger charge is -2.39. The minimum Gasteiger partial charge on any atom is -0.369 e. The summed E-state index contributed by atoms with van der Waals surface area (Å²) in [5, 5.41) is 1.24. The minimum atomic E-state index is -0.0920. The molecule has 2 nitrogen and oxygen atoms in total. The quantitative estimate of drug-likeness (QED) is 0.847. The normalized spacial score (nSPS) is 40.7. The van der Waals surface area contributed by atoms with Crippen LogP contribution in [0.1, 0.15) is 41.0 Å². The van der Waals surface area contributed by atoms with Gasteiger partial charge in [0.1, 0.15) is 0 Å². The number of ether oxygens (including phenoxy) is 1. The standard InChI is InChI=1S/C14H27NOS2/c1-9-12(18-7-6-17-9)11(15)10-8-13(2,3)16-14(10,4)5/h9-12H,6-8,15H2,1-5H3. The first kappa shape index (κ1) is 15.0. The summed E-state index contributed by atoms with van der Waals surface area (Å²) < 4.78 is 6.20. The highest BCUT2D eigenvalue weighted by molar-refractivity contribution is 8.07. The molecular formula is C14H27NOS2. The Morgan fingerprint density at radius 1 is 1.17 bits per heavy atom. The predicted octanol–water partition coefficient (Wildman–Crippen LogP) is 3.14. The lowest BCUT2D eigenvalue weighted by molar-refractivity contribution is -0.0765. The Bertz CT molecular complexity index is 306. The van der Waals surface area contributed by atoms with Gasteiger partial charge >= 0.3 is 0 Å². The Balaban J connectivity index is 2.10. The van der Waals surface area contributed by atoms with E-state index in [9.17, 15) is 0 Å². The lowest BCUT2D eigenvalue weighted by Crippen LogP contribution is -2.50. The summed E-state index contributed by atoms with van der Waals surface area (Å²) in [6.07, 6.45) is 1.08. The third-order valence-electron chi connectivity index (χ3n) is 4.22.